The predicted molar refractivity (Wildman–Crippen MR) is 61.4 cm³/mol. The minimum Gasteiger partial charge on any atom is -0.507 e. The summed E-state index contributed by atoms with van der Waals surface area (Å²) in [5.74, 6) is 0.196. The highest BCUT2D eigenvalue weighted by atomic mass is 16.3. The summed E-state index contributed by atoms with van der Waals surface area (Å²) >= 11 is 0. The Labute approximate surface area is 88.7 Å². The van der Waals surface area contributed by atoms with Crippen molar-refractivity contribution in [3.8, 4) is 5.75 Å². The van der Waals surface area contributed by atoms with Gasteiger partial charge in [-0.05, 0) is 30.2 Å². The van der Waals surface area contributed by atoms with Crippen LogP contribution in [0.4, 0.5) is 5.69 Å². The van der Waals surface area contributed by atoms with E-state index < -0.39 is 0 Å². The van der Waals surface area contributed by atoms with Gasteiger partial charge >= 0.3 is 0 Å². The first-order valence-corrected chi connectivity index (χ1v) is 4.62. The summed E-state index contributed by atoms with van der Waals surface area (Å²) in [6.45, 7) is 7.18. The summed E-state index contributed by atoms with van der Waals surface area (Å²) in [4.78, 5) is 10.4. The van der Waals surface area contributed by atoms with Crippen LogP contribution in [0, 0.1) is 4.91 Å². The van der Waals surface area contributed by atoms with Crippen molar-refractivity contribution in [2.75, 3.05) is 0 Å². The molecule has 0 aliphatic heterocycles. The van der Waals surface area contributed by atoms with Crippen LogP contribution in [0.15, 0.2) is 42.6 Å². The highest BCUT2D eigenvalue weighted by Crippen LogP contribution is 2.29. The van der Waals surface area contributed by atoms with Crippen LogP contribution in [0.3, 0.4) is 0 Å². The summed E-state index contributed by atoms with van der Waals surface area (Å²) in [6.07, 6.45) is 4.36. The highest BCUT2D eigenvalue weighted by molar-refractivity contribution is 5.53. The topological polar surface area (TPSA) is 49.7 Å². The maximum Gasteiger partial charge on any atom is 0.122 e. The number of benzene rings is 1. The zero-order valence-corrected chi connectivity index (χ0v) is 8.44. The predicted octanol–water partition coefficient (Wildman–Crippen LogP) is 3.25. The summed E-state index contributed by atoms with van der Waals surface area (Å²) in [5, 5.41) is 12.7. The van der Waals surface area contributed by atoms with Crippen molar-refractivity contribution in [2.45, 2.75) is 12.8 Å². The number of rotatable bonds is 5. The molecule has 0 radical (unpaired) electrons. The normalized spacial score (nSPS) is 9.60. The summed E-state index contributed by atoms with van der Waals surface area (Å²) in [5.41, 5.74) is 1.65. The fourth-order valence-corrected chi connectivity index (χ4v) is 1.42. The third-order valence-corrected chi connectivity index (χ3v) is 2.09. The van der Waals surface area contributed by atoms with Gasteiger partial charge in [-0.2, -0.15) is 0 Å². The van der Waals surface area contributed by atoms with Gasteiger partial charge in [0.05, 0.1) is 0 Å². The number of nitrogens with zero attached hydrogens (tertiary/aromatic N) is 1. The van der Waals surface area contributed by atoms with Crippen molar-refractivity contribution in [3.63, 3.8) is 0 Å². The molecule has 0 heterocycles. The third-order valence-electron chi connectivity index (χ3n) is 2.09. The zero-order chi connectivity index (χ0) is 11.3. The average Bonchev–Trinajstić information content (AvgIpc) is 2.24. The van der Waals surface area contributed by atoms with E-state index in [9.17, 15) is 10.0 Å². The van der Waals surface area contributed by atoms with Crippen LogP contribution in [0.5, 0.6) is 5.75 Å². The Kier molecular flexibility index (Phi) is 3.80. The molecule has 1 N–H and O–H groups in total. The number of nitroso groups, excluding NO2 is 1. The van der Waals surface area contributed by atoms with Gasteiger partial charge in [0, 0.05) is 11.1 Å². The third kappa shape index (κ3) is 2.53. The van der Waals surface area contributed by atoms with Crippen molar-refractivity contribution >= 4 is 5.69 Å². The molecule has 15 heavy (non-hydrogen) atoms. The van der Waals surface area contributed by atoms with Gasteiger partial charge in [-0.15, -0.1) is 18.1 Å². The molecule has 0 aromatic heterocycles. The molecule has 1 rings (SSSR count). The zero-order valence-electron chi connectivity index (χ0n) is 8.44. The molecule has 1 aromatic rings. The van der Waals surface area contributed by atoms with Crippen LogP contribution >= 0.6 is 0 Å². The van der Waals surface area contributed by atoms with Crippen LogP contribution in [0.1, 0.15) is 11.1 Å². The second-order valence-corrected chi connectivity index (χ2v) is 3.19. The van der Waals surface area contributed by atoms with Crippen LogP contribution in [0.2, 0.25) is 0 Å². The second-order valence-electron chi connectivity index (χ2n) is 3.19. The number of aromatic hydroxyl groups is 1. The van der Waals surface area contributed by atoms with Gasteiger partial charge in [-0.1, -0.05) is 12.2 Å². The first-order valence-electron chi connectivity index (χ1n) is 4.62. The largest absolute Gasteiger partial charge is 0.507 e. The van der Waals surface area contributed by atoms with Gasteiger partial charge in [-0.3, -0.25) is 0 Å². The lowest BCUT2D eigenvalue weighted by molar-refractivity contribution is 0.464. The molecule has 0 amide bonds. The van der Waals surface area contributed by atoms with Crippen molar-refractivity contribution < 1.29 is 5.11 Å². The molecule has 0 saturated carbocycles. The van der Waals surface area contributed by atoms with E-state index in [2.05, 4.69) is 18.3 Å². The van der Waals surface area contributed by atoms with Crippen molar-refractivity contribution in [1.82, 2.24) is 0 Å². The molecule has 0 saturated heterocycles. The standard InChI is InChI=1S/C12H13NO2/c1-3-5-9-7-11(13-15)8-10(6-4-2)12(9)14/h3-4,7-8,14H,1-2,5-6H2. The Balaban J connectivity index is 3.25. The Morgan fingerprint density at radius 1 is 1.20 bits per heavy atom. The quantitative estimate of drug-likeness (QED) is 0.590. The average molecular weight is 203 g/mol. The molecule has 1 aromatic carbocycles. The summed E-state index contributed by atoms with van der Waals surface area (Å²) in [7, 11) is 0. The van der Waals surface area contributed by atoms with E-state index >= 15 is 0 Å². The summed E-state index contributed by atoms with van der Waals surface area (Å²) < 4.78 is 0. The van der Waals surface area contributed by atoms with Gasteiger partial charge in [0.25, 0.3) is 0 Å². The van der Waals surface area contributed by atoms with Crippen LogP contribution < -0.4 is 0 Å². The summed E-state index contributed by atoms with van der Waals surface area (Å²) in [6, 6.07) is 3.13. The molecule has 3 nitrogen and oxygen atoms in total. The molecule has 0 unspecified atom stereocenters. The van der Waals surface area contributed by atoms with E-state index in [1.54, 1.807) is 24.3 Å². The van der Waals surface area contributed by atoms with E-state index in [4.69, 9.17) is 0 Å². The maximum atomic E-state index is 10.4. The molecular formula is C12H13NO2. The highest BCUT2D eigenvalue weighted by Gasteiger charge is 2.08. The van der Waals surface area contributed by atoms with E-state index in [0.29, 0.717) is 29.7 Å². The van der Waals surface area contributed by atoms with Crippen molar-refractivity contribution in [1.29, 1.82) is 0 Å². The minimum atomic E-state index is 0.196. The first-order chi connectivity index (χ1) is 7.22. The molecule has 78 valence electrons. The molecule has 0 bridgehead atoms. The van der Waals surface area contributed by atoms with Gasteiger partial charge < -0.3 is 5.11 Å². The Bertz CT molecular complexity index is 366. The lowest BCUT2D eigenvalue weighted by Gasteiger charge is -2.07. The Hall–Kier alpha value is -1.90. The fourth-order valence-electron chi connectivity index (χ4n) is 1.42. The van der Waals surface area contributed by atoms with Crippen LogP contribution in [-0.4, -0.2) is 5.11 Å². The lowest BCUT2D eigenvalue weighted by Crippen LogP contribution is -1.89. The molecule has 0 fully saturated rings. The molecule has 3 heteroatoms. The number of phenolic OH excluding ortho intramolecular Hbond substituents is 1. The van der Waals surface area contributed by atoms with Gasteiger partial charge in [0.15, 0.2) is 0 Å². The Morgan fingerprint density at radius 2 is 1.67 bits per heavy atom. The van der Waals surface area contributed by atoms with Crippen LogP contribution in [-0.2, 0) is 12.8 Å². The number of hydrogen-bond acceptors (Lipinski definition) is 3. The molecule has 0 aliphatic rings. The van der Waals surface area contributed by atoms with Gasteiger partial charge in [0.2, 0.25) is 0 Å². The van der Waals surface area contributed by atoms with E-state index in [1.807, 2.05) is 0 Å². The second kappa shape index (κ2) is 5.10. The monoisotopic (exact) mass is 203 g/mol. The Morgan fingerprint density at radius 3 is 2.00 bits per heavy atom. The maximum absolute atomic E-state index is 10.4. The number of allylic oxidation sites excluding steroid dienone is 2. The number of phenols is 1. The van der Waals surface area contributed by atoms with Gasteiger partial charge in [0.1, 0.15) is 11.4 Å². The molecule has 0 atom stereocenters. The first kappa shape index (κ1) is 11.2. The lowest BCUT2D eigenvalue weighted by atomic mass is 10.0. The van der Waals surface area contributed by atoms with E-state index in [0.717, 1.165) is 0 Å². The van der Waals surface area contributed by atoms with E-state index in [-0.39, 0.29) is 5.75 Å². The fraction of sp³-hybridized carbons (Fsp3) is 0.167. The SMILES string of the molecule is C=CCc1cc(N=O)cc(CC=C)c1O. The number of hydrogen-bond donors (Lipinski definition) is 1. The van der Waals surface area contributed by atoms with Gasteiger partial charge in [-0.25, -0.2) is 0 Å². The van der Waals surface area contributed by atoms with Crippen LogP contribution in [0.25, 0.3) is 0 Å². The molecule has 0 spiro atoms. The van der Waals surface area contributed by atoms with Crippen molar-refractivity contribution in [2.24, 2.45) is 5.18 Å². The smallest absolute Gasteiger partial charge is 0.122 e. The van der Waals surface area contributed by atoms with E-state index in [1.165, 1.54) is 0 Å². The molecule has 0 aliphatic carbocycles. The molecular weight excluding hydrogens is 190 g/mol. The minimum absolute atomic E-state index is 0.196. The van der Waals surface area contributed by atoms with Crippen molar-refractivity contribution in [3.05, 3.63) is 53.5 Å².